The molecule has 0 radical (unpaired) electrons. The number of hydrogen-bond acceptors (Lipinski definition) is 3. The molecule has 1 saturated heterocycles. The minimum atomic E-state index is -3.56. The molecule has 5 nitrogen and oxygen atoms in total. The largest absolute Gasteiger partial charge is 0.326 e. The topological polar surface area (TPSA) is 66.5 Å². The first-order chi connectivity index (χ1) is 12.4. The van der Waals surface area contributed by atoms with Crippen LogP contribution < -0.4 is 5.32 Å². The first-order valence-electron chi connectivity index (χ1n) is 8.80. The summed E-state index contributed by atoms with van der Waals surface area (Å²) < 4.78 is 27.0. The Labute approximate surface area is 155 Å². The fourth-order valence-electron chi connectivity index (χ4n) is 3.41. The Morgan fingerprint density at radius 1 is 1.08 bits per heavy atom. The van der Waals surface area contributed by atoms with Gasteiger partial charge in [-0.2, -0.15) is 4.31 Å². The summed E-state index contributed by atoms with van der Waals surface area (Å²) in [5.41, 5.74) is 2.92. The van der Waals surface area contributed by atoms with Gasteiger partial charge in [0.2, 0.25) is 15.9 Å². The quantitative estimate of drug-likeness (QED) is 0.895. The number of sulfonamides is 1. The lowest BCUT2D eigenvalue weighted by Crippen LogP contribution is -2.43. The van der Waals surface area contributed by atoms with Gasteiger partial charge in [0.1, 0.15) is 0 Å². The lowest BCUT2D eigenvalue weighted by Gasteiger charge is -2.31. The van der Waals surface area contributed by atoms with E-state index >= 15 is 0 Å². The predicted octanol–water partition coefficient (Wildman–Crippen LogP) is 3.34. The van der Waals surface area contributed by atoms with Crippen molar-refractivity contribution in [2.45, 2.75) is 31.6 Å². The van der Waals surface area contributed by atoms with Crippen molar-refractivity contribution in [3.05, 3.63) is 59.7 Å². The van der Waals surface area contributed by atoms with E-state index in [9.17, 15) is 13.2 Å². The van der Waals surface area contributed by atoms with Gasteiger partial charge in [-0.3, -0.25) is 4.79 Å². The molecule has 1 atom stereocenters. The molecule has 138 valence electrons. The van der Waals surface area contributed by atoms with Crippen molar-refractivity contribution < 1.29 is 13.2 Å². The van der Waals surface area contributed by atoms with Crippen LogP contribution in [0.25, 0.3) is 0 Å². The van der Waals surface area contributed by atoms with Crippen molar-refractivity contribution in [2.24, 2.45) is 5.92 Å². The van der Waals surface area contributed by atoms with Crippen LogP contribution in [0, 0.1) is 19.8 Å². The molecule has 6 heteroatoms. The van der Waals surface area contributed by atoms with Crippen molar-refractivity contribution in [1.82, 2.24) is 4.31 Å². The van der Waals surface area contributed by atoms with E-state index < -0.39 is 10.0 Å². The number of piperidine rings is 1. The van der Waals surface area contributed by atoms with Crippen molar-refractivity contribution in [1.29, 1.82) is 0 Å². The minimum Gasteiger partial charge on any atom is -0.326 e. The summed E-state index contributed by atoms with van der Waals surface area (Å²) in [4.78, 5) is 12.9. The molecule has 2 aromatic rings. The van der Waals surface area contributed by atoms with Gasteiger partial charge in [0, 0.05) is 18.8 Å². The smallest absolute Gasteiger partial charge is 0.243 e. The lowest BCUT2D eigenvalue weighted by atomic mass is 9.98. The van der Waals surface area contributed by atoms with Gasteiger partial charge in [-0.05, 0) is 62.1 Å². The number of carbonyl (C=O) groups is 1. The van der Waals surface area contributed by atoms with E-state index in [2.05, 4.69) is 5.32 Å². The van der Waals surface area contributed by atoms with Crippen LogP contribution in [0.2, 0.25) is 0 Å². The van der Waals surface area contributed by atoms with E-state index in [0.717, 1.165) is 16.8 Å². The third-order valence-corrected chi connectivity index (χ3v) is 6.50. The predicted molar refractivity (Wildman–Crippen MR) is 102 cm³/mol. The van der Waals surface area contributed by atoms with Crippen LogP contribution in [0.1, 0.15) is 24.0 Å². The highest BCUT2D eigenvalue weighted by Crippen LogP contribution is 2.25. The van der Waals surface area contributed by atoms with E-state index in [1.807, 2.05) is 32.0 Å². The Morgan fingerprint density at radius 3 is 2.38 bits per heavy atom. The second-order valence-electron chi connectivity index (χ2n) is 6.88. The average Bonchev–Trinajstić information content (AvgIpc) is 2.61. The van der Waals surface area contributed by atoms with E-state index in [1.54, 1.807) is 30.3 Å². The van der Waals surface area contributed by atoms with Gasteiger partial charge >= 0.3 is 0 Å². The Kier molecular flexibility index (Phi) is 5.44. The van der Waals surface area contributed by atoms with Gasteiger partial charge in [0.05, 0.1) is 10.8 Å². The monoisotopic (exact) mass is 372 g/mol. The van der Waals surface area contributed by atoms with Crippen LogP contribution in [0.3, 0.4) is 0 Å². The van der Waals surface area contributed by atoms with Crippen LogP contribution in [-0.4, -0.2) is 31.7 Å². The maximum Gasteiger partial charge on any atom is 0.243 e. The molecule has 1 N–H and O–H groups in total. The average molecular weight is 372 g/mol. The Hall–Kier alpha value is -2.18. The molecule has 1 fully saturated rings. The van der Waals surface area contributed by atoms with Crippen molar-refractivity contribution in [3.63, 3.8) is 0 Å². The van der Waals surface area contributed by atoms with E-state index in [-0.39, 0.29) is 23.3 Å². The number of hydrogen-bond donors (Lipinski definition) is 1. The molecule has 1 amide bonds. The number of rotatable bonds is 4. The van der Waals surface area contributed by atoms with Crippen LogP contribution in [-0.2, 0) is 14.8 Å². The van der Waals surface area contributed by atoms with Crippen LogP contribution in [0.4, 0.5) is 5.69 Å². The summed E-state index contributed by atoms with van der Waals surface area (Å²) in [6.07, 6.45) is 1.37. The maximum absolute atomic E-state index is 12.8. The highest BCUT2D eigenvalue weighted by Gasteiger charge is 2.33. The summed E-state index contributed by atoms with van der Waals surface area (Å²) >= 11 is 0. The Bertz CT molecular complexity index is 874. The van der Waals surface area contributed by atoms with Gasteiger partial charge in [-0.1, -0.05) is 24.3 Å². The summed E-state index contributed by atoms with van der Waals surface area (Å²) in [7, 11) is -3.56. The zero-order chi connectivity index (χ0) is 18.7. The number of carbonyl (C=O) groups excluding carboxylic acids is 1. The number of nitrogens with one attached hydrogen (secondary N) is 1. The molecule has 0 aliphatic carbocycles. The van der Waals surface area contributed by atoms with Crippen LogP contribution >= 0.6 is 0 Å². The standard InChI is InChI=1S/C20H24N2O3S/c1-15-11-16(2)13-18(12-15)21-20(23)17-7-6-10-22(14-17)26(24,25)19-8-4-3-5-9-19/h3-5,8-9,11-13,17H,6-7,10,14H2,1-2H3,(H,21,23)/t17-/m0/s1. The number of amides is 1. The van der Waals surface area contributed by atoms with E-state index in [1.165, 1.54) is 4.31 Å². The fourth-order valence-corrected chi connectivity index (χ4v) is 4.95. The Balaban J connectivity index is 1.73. The van der Waals surface area contributed by atoms with Crippen molar-refractivity contribution in [3.8, 4) is 0 Å². The normalized spacial score (nSPS) is 18.5. The number of nitrogens with zero attached hydrogens (tertiary/aromatic N) is 1. The minimum absolute atomic E-state index is 0.122. The second kappa shape index (κ2) is 7.60. The molecule has 1 aliphatic heterocycles. The van der Waals surface area contributed by atoms with E-state index in [4.69, 9.17) is 0 Å². The summed E-state index contributed by atoms with van der Waals surface area (Å²) in [5, 5.41) is 2.94. The van der Waals surface area contributed by atoms with Crippen LogP contribution in [0.5, 0.6) is 0 Å². The summed E-state index contributed by atoms with van der Waals surface area (Å²) in [5.74, 6) is -0.467. The molecule has 1 heterocycles. The molecule has 0 bridgehead atoms. The molecule has 0 unspecified atom stereocenters. The number of anilines is 1. The van der Waals surface area contributed by atoms with Gasteiger partial charge in [0.15, 0.2) is 0 Å². The van der Waals surface area contributed by atoms with Crippen LogP contribution in [0.15, 0.2) is 53.4 Å². The number of aryl methyl sites for hydroxylation is 2. The molecule has 0 spiro atoms. The number of benzene rings is 2. The summed E-state index contributed by atoms with van der Waals surface area (Å²) in [6.45, 7) is 4.63. The lowest BCUT2D eigenvalue weighted by molar-refractivity contribution is -0.120. The SMILES string of the molecule is Cc1cc(C)cc(NC(=O)[C@H]2CCCN(S(=O)(=O)c3ccccc3)C2)c1. The molecular formula is C20H24N2O3S. The molecule has 26 heavy (non-hydrogen) atoms. The molecule has 0 saturated carbocycles. The maximum atomic E-state index is 12.8. The molecule has 2 aromatic carbocycles. The Morgan fingerprint density at radius 2 is 1.73 bits per heavy atom. The van der Waals surface area contributed by atoms with Gasteiger partial charge < -0.3 is 5.32 Å². The fraction of sp³-hybridized carbons (Fsp3) is 0.350. The molecule has 1 aliphatic rings. The first kappa shape index (κ1) is 18.6. The van der Waals surface area contributed by atoms with Crippen molar-refractivity contribution in [2.75, 3.05) is 18.4 Å². The van der Waals surface area contributed by atoms with E-state index in [0.29, 0.717) is 19.4 Å². The molecular weight excluding hydrogens is 348 g/mol. The highest BCUT2D eigenvalue weighted by atomic mass is 32.2. The molecule has 0 aromatic heterocycles. The zero-order valence-electron chi connectivity index (χ0n) is 15.1. The van der Waals surface area contributed by atoms with Gasteiger partial charge in [0.25, 0.3) is 0 Å². The first-order valence-corrected chi connectivity index (χ1v) is 10.2. The summed E-state index contributed by atoms with van der Waals surface area (Å²) in [6, 6.07) is 14.3. The van der Waals surface area contributed by atoms with Crippen molar-refractivity contribution >= 4 is 21.6 Å². The second-order valence-corrected chi connectivity index (χ2v) is 8.82. The van der Waals surface area contributed by atoms with Gasteiger partial charge in [-0.15, -0.1) is 0 Å². The molecule has 3 rings (SSSR count). The zero-order valence-corrected chi connectivity index (χ0v) is 15.9. The third-order valence-electron chi connectivity index (χ3n) is 4.63. The third kappa shape index (κ3) is 4.14. The van der Waals surface area contributed by atoms with Gasteiger partial charge in [-0.25, -0.2) is 8.42 Å². The highest BCUT2D eigenvalue weighted by molar-refractivity contribution is 7.89.